The van der Waals surface area contributed by atoms with Gasteiger partial charge >= 0.3 is 0 Å². The van der Waals surface area contributed by atoms with Gasteiger partial charge < -0.3 is 25.3 Å². The summed E-state index contributed by atoms with van der Waals surface area (Å²) >= 11 is 0. The van der Waals surface area contributed by atoms with Crippen LogP contribution in [0.1, 0.15) is 88.3 Å². The van der Waals surface area contributed by atoms with Crippen LogP contribution < -0.4 is 15.8 Å². The molecule has 1 atom stereocenters. The first kappa shape index (κ1) is 29.7. The molecule has 2 aliphatic rings. The standard InChI is InChI=1S/C26H36N2O2.C2H4O2.C2H6/c1-16-21(15-27)25-20(9-6-12-28-25)24(17(2)30-26(3,4)5)23(16)19-10-11-22-18(14-19)8-7-13-29-22;1-4-2-3;1-2/h10-11,14,17,28H,6-9,12-13,15,27H2,1-5H3;2H,1H3;1-2H3. The Bertz CT molecular complexity index is 1010. The van der Waals surface area contributed by atoms with Gasteiger partial charge in [0.1, 0.15) is 5.75 Å². The number of aryl methyl sites for hydroxylation is 1. The van der Waals surface area contributed by atoms with Gasteiger partial charge in [-0.2, -0.15) is 0 Å². The van der Waals surface area contributed by atoms with Crippen LogP contribution >= 0.6 is 0 Å². The highest BCUT2D eigenvalue weighted by Crippen LogP contribution is 2.45. The van der Waals surface area contributed by atoms with Crippen LogP contribution in [0.3, 0.4) is 0 Å². The molecule has 200 valence electrons. The zero-order valence-corrected chi connectivity index (χ0v) is 23.5. The third kappa shape index (κ3) is 7.01. The number of hydrogen-bond acceptors (Lipinski definition) is 6. The Labute approximate surface area is 217 Å². The maximum atomic E-state index is 8.95. The van der Waals surface area contributed by atoms with Crippen molar-refractivity contribution in [3.05, 3.63) is 46.0 Å². The molecule has 0 bridgehead atoms. The van der Waals surface area contributed by atoms with Gasteiger partial charge in [-0.3, -0.25) is 4.79 Å². The number of hydrogen-bond donors (Lipinski definition) is 2. The van der Waals surface area contributed by atoms with E-state index in [1.807, 2.05) is 13.8 Å². The summed E-state index contributed by atoms with van der Waals surface area (Å²) in [4.78, 5) is 8.95. The highest BCUT2D eigenvalue weighted by Gasteiger charge is 2.29. The topological polar surface area (TPSA) is 82.8 Å². The first-order valence-electron chi connectivity index (χ1n) is 13.2. The van der Waals surface area contributed by atoms with E-state index in [1.165, 1.54) is 51.7 Å². The molecule has 0 saturated carbocycles. The molecule has 0 aliphatic carbocycles. The molecule has 2 aromatic rings. The largest absolute Gasteiger partial charge is 0.493 e. The van der Waals surface area contributed by atoms with Gasteiger partial charge in [0.05, 0.1) is 25.4 Å². The van der Waals surface area contributed by atoms with Crippen molar-refractivity contribution in [3.63, 3.8) is 0 Å². The van der Waals surface area contributed by atoms with Gasteiger partial charge in [0.2, 0.25) is 0 Å². The molecule has 0 fully saturated rings. The van der Waals surface area contributed by atoms with Gasteiger partial charge in [0.15, 0.2) is 0 Å². The first-order chi connectivity index (χ1) is 17.2. The molecule has 2 heterocycles. The zero-order valence-electron chi connectivity index (χ0n) is 23.5. The lowest BCUT2D eigenvalue weighted by Crippen LogP contribution is -2.25. The Hall–Kier alpha value is -2.57. The maximum Gasteiger partial charge on any atom is 0.292 e. The van der Waals surface area contributed by atoms with E-state index in [4.69, 9.17) is 20.0 Å². The number of carbonyl (C=O) groups excluding carboxylic acids is 1. The minimum atomic E-state index is -0.212. The summed E-state index contributed by atoms with van der Waals surface area (Å²) in [6.45, 7) is 17.5. The predicted molar refractivity (Wildman–Crippen MR) is 149 cm³/mol. The zero-order chi connectivity index (χ0) is 26.9. The smallest absolute Gasteiger partial charge is 0.292 e. The quantitative estimate of drug-likeness (QED) is 0.458. The van der Waals surface area contributed by atoms with Crippen LogP contribution in [-0.4, -0.2) is 32.3 Å². The van der Waals surface area contributed by atoms with Gasteiger partial charge in [-0.15, -0.1) is 0 Å². The molecule has 1 unspecified atom stereocenters. The van der Waals surface area contributed by atoms with Crippen molar-refractivity contribution in [1.29, 1.82) is 0 Å². The Balaban J connectivity index is 0.000000694. The van der Waals surface area contributed by atoms with Crippen molar-refractivity contribution >= 4 is 12.2 Å². The van der Waals surface area contributed by atoms with E-state index in [-0.39, 0.29) is 11.7 Å². The number of nitrogens with two attached hydrogens (primary N) is 1. The first-order valence-corrected chi connectivity index (χ1v) is 13.2. The Morgan fingerprint density at radius 3 is 2.50 bits per heavy atom. The summed E-state index contributed by atoms with van der Waals surface area (Å²) in [5.74, 6) is 1.03. The summed E-state index contributed by atoms with van der Waals surface area (Å²) in [6, 6.07) is 6.68. The third-order valence-corrected chi connectivity index (χ3v) is 6.37. The van der Waals surface area contributed by atoms with E-state index >= 15 is 0 Å². The number of anilines is 1. The second kappa shape index (κ2) is 13.7. The molecule has 6 nitrogen and oxygen atoms in total. The molecule has 6 heteroatoms. The SMILES string of the molecule is CC.COC=O.Cc1c(CN)c2c(c(C(C)OC(C)(C)C)c1-c1ccc3c(c1)CCCO3)CCCN2. The summed E-state index contributed by atoms with van der Waals surface area (Å²) in [5, 5.41) is 3.65. The molecule has 0 radical (unpaired) electrons. The molecule has 2 aliphatic heterocycles. The second-order valence-corrected chi connectivity index (χ2v) is 9.96. The molecular formula is C30H46N2O4. The van der Waals surface area contributed by atoms with Gasteiger partial charge in [0, 0.05) is 18.8 Å². The molecule has 2 aromatic carbocycles. The van der Waals surface area contributed by atoms with Crippen LogP contribution in [0.5, 0.6) is 5.75 Å². The van der Waals surface area contributed by atoms with Gasteiger partial charge in [0.25, 0.3) is 6.47 Å². The maximum absolute atomic E-state index is 8.95. The van der Waals surface area contributed by atoms with E-state index in [0.717, 1.165) is 44.6 Å². The van der Waals surface area contributed by atoms with Crippen LogP contribution in [0.25, 0.3) is 11.1 Å². The third-order valence-electron chi connectivity index (χ3n) is 6.37. The lowest BCUT2D eigenvalue weighted by molar-refractivity contribution is -0.126. The van der Waals surface area contributed by atoms with Crippen LogP contribution in [0, 0.1) is 6.92 Å². The van der Waals surface area contributed by atoms with Crippen molar-refractivity contribution in [1.82, 2.24) is 0 Å². The molecule has 4 rings (SSSR count). The van der Waals surface area contributed by atoms with E-state index in [9.17, 15) is 0 Å². The molecule has 0 saturated heterocycles. The van der Waals surface area contributed by atoms with Gasteiger partial charge in [-0.1, -0.05) is 19.9 Å². The number of ether oxygens (including phenoxy) is 3. The van der Waals surface area contributed by atoms with E-state index in [2.05, 4.69) is 62.9 Å². The minimum Gasteiger partial charge on any atom is -0.493 e. The summed E-state index contributed by atoms with van der Waals surface area (Å²) < 4.78 is 16.2. The molecular weight excluding hydrogens is 452 g/mol. The summed E-state index contributed by atoms with van der Waals surface area (Å²) in [6.07, 6.45) is 4.33. The number of rotatable bonds is 5. The second-order valence-electron chi connectivity index (χ2n) is 9.96. The number of carbonyl (C=O) groups is 1. The average molecular weight is 499 g/mol. The molecule has 36 heavy (non-hydrogen) atoms. The fourth-order valence-corrected chi connectivity index (χ4v) is 5.14. The molecule has 3 N–H and O–H groups in total. The normalized spacial score (nSPS) is 14.8. The Morgan fingerprint density at radius 2 is 1.89 bits per heavy atom. The van der Waals surface area contributed by atoms with E-state index in [0.29, 0.717) is 13.0 Å². The average Bonchev–Trinajstić information content (AvgIpc) is 2.88. The molecule has 0 spiro atoms. The van der Waals surface area contributed by atoms with Crippen molar-refractivity contribution in [2.75, 3.05) is 25.6 Å². The Morgan fingerprint density at radius 1 is 1.19 bits per heavy atom. The summed E-state index contributed by atoms with van der Waals surface area (Å²) in [7, 11) is 1.31. The van der Waals surface area contributed by atoms with Crippen molar-refractivity contribution < 1.29 is 19.0 Å². The van der Waals surface area contributed by atoms with Crippen molar-refractivity contribution in [3.8, 4) is 16.9 Å². The van der Waals surface area contributed by atoms with Crippen molar-refractivity contribution in [2.45, 2.75) is 92.4 Å². The van der Waals surface area contributed by atoms with E-state index < -0.39 is 0 Å². The number of benzene rings is 2. The fraction of sp³-hybridized carbons (Fsp3) is 0.567. The summed E-state index contributed by atoms with van der Waals surface area (Å²) in [5.41, 5.74) is 16.3. The lowest BCUT2D eigenvalue weighted by Gasteiger charge is -2.34. The minimum absolute atomic E-state index is 0.00791. The van der Waals surface area contributed by atoms with Crippen LogP contribution in [0.4, 0.5) is 5.69 Å². The van der Waals surface area contributed by atoms with E-state index in [1.54, 1.807) is 0 Å². The number of nitrogens with one attached hydrogen (secondary N) is 1. The predicted octanol–water partition coefficient (Wildman–Crippen LogP) is 6.50. The highest BCUT2D eigenvalue weighted by atomic mass is 16.5. The highest BCUT2D eigenvalue weighted by molar-refractivity contribution is 5.81. The van der Waals surface area contributed by atoms with Gasteiger partial charge in [-0.25, -0.2) is 0 Å². The van der Waals surface area contributed by atoms with Crippen LogP contribution in [0.2, 0.25) is 0 Å². The van der Waals surface area contributed by atoms with Gasteiger partial charge in [-0.05, 0) is 111 Å². The molecule has 0 amide bonds. The molecule has 0 aromatic heterocycles. The monoisotopic (exact) mass is 498 g/mol. The number of methoxy groups -OCH3 is 1. The van der Waals surface area contributed by atoms with Crippen LogP contribution in [0.15, 0.2) is 18.2 Å². The fourth-order valence-electron chi connectivity index (χ4n) is 5.14. The van der Waals surface area contributed by atoms with Crippen molar-refractivity contribution in [2.24, 2.45) is 5.73 Å². The lowest BCUT2D eigenvalue weighted by atomic mass is 9.81. The van der Waals surface area contributed by atoms with Crippen LogP contribution in [-0.2, 0) is 33.7 Å². The Kier molecular flexibility index (Phi) is 11.3. The number of fused-ring (bicyclic) bond motifs is 2.